The van der Waals surface area contributed by atoms with Crippen LogP contribution in [0.2, 0.25) is 0 Å². The van der Waals surface area contributed by atoms with E-state index < -0.39 is 4.92 Å². The van der Waals surface area contributed by atoms with Gasteiger partial charge in [-0.1, -0.05) is 0 Å². The second kappa shape index (κ2) is 5.03. The summed E-state index contributed by atoms with van der Waals surface area (Å²) in [5.74, 6) is -0.126. The van der Waals surface area contributed by atoms with Crippen molar-refractivity contribution in [2.45, 2.75) is 0 Å². The Bertz CT molecular complexity index is 461. The lowest BCUT2D eigenvalue weighted by Gasteiger charge is -1.98. The normalized spacial score (nSPS) is 10.2. The van der Waals surface area contributed by atoms with Crippen molar-refractivity contribution in [2.75, 3.05) is 0 Å². The zero-order valence-electron chi connectivity index (χ0n) is 7.95. The van der Waals surface area contributed by atoms with E-state index in [1.165, 1.54) is 24.4 Å². The number of nitro benzene ring substituents is 1. The minimum absolute atomic E-state index is 0.0406. The van der Waals surface area contributed by atoms with Gasteiger partial charge in [0, 0.05) is 17.7 Å². The van der Waals surface area contributed by atoms with Crippen LogP contribution in [0.5, 0.6) is 5.75 Å². The molecule has 7 nitrogen and oxygen atoms in total. The predicted octanol–water partition coefficient (Wildman–Crippen LogP) is 0.468. The van der Waals surface area contributed by atoms with E-state index in [1.807, 2.05) is 0 Å². The van der Waals surface area contributed by atoms with E-state index in [-0.39, 0.29) is 22.1 Å². The molecule has 0 radical (unpaired) electrons. The van der Waals surface area contributed by atoms with Crippen LogP contribution < -0.4 is 11.2 Å². The van der Waals surface area contributed by atoms with Crippen LogP contribution in [-0.2, 0) is 0 Å². The van der Waals surface area contributed by atoms with Crippen molar-refractivity contribution < 1.29 is 10.0 Å². The van der Waals surface area contributed by atoms with Gasteiger partial charge in [-0.2, -0.15) is 5.10 Å². The van der Waals surface area contributed by atoms with Crippen LogP contribution in [0.15, 0.2) is 23.3 Å². The van der Waals surface area contributed by atoms with E-state index in [4.69, 9.17) is 5.73 Å². The lowest BCUT2D eigenvalue weighted by Crippen LogP contribution is -2.23. The summed E-state index contributed by atoms with van der Waals surface area (Å²) in [6.45, 7) is 0. The fourth-order valence-electron chi connectivity index (χ4n) is 0.924. The van der Waals surface area contributed by atoms with Gasteiger partial charge in [0.25, 0.3) is 5.69 Å². The third kappa shape index (κ3) is 3.17. The molecule has 84 valence electrons. The molecule has 0 saturated heterocycles. The predicted molar refractivity (Wildman–Crippen MR) is 62.3 cm³/mol. The Morgan fingerprint density at radius 2 is 2.38 bits per heavy atom. The van der Waals surface area contributed by atoms with Crippen molar-refractivity contribution >= 4 is 29.2 Å². The van der Waals surface area contributed by atoms with Crippen LogP contribution in [0.4, 0.5) is 5.69 Å². The number of hydrogen-bond acceptors (Lipinski definition) is 5. The largest absolute Gasteiger partial charge is 0.507 e. The van der Waals surface area contributed by atoms with Crippen molar-refractivity contribution in [3.8, 4) is 5.75 Å². The van der Waals surface area contributed by atoms with Crippen molar-refractivity contribution in [2.24, 2.45) is 10.8 Å². The smallest absolute Gasteiger partial charge is 0.270 e. The molecule has 8 heteroatoms. The molecule has 0 amide bonds. The third-order valence-corrected chi connectivity index (χ3v) is 1.69. The minimum atomic E-state index is -0.572. The van der Waals surface area contributed by atoms with Crippen molar-refractivity contribution in [3.05, 3.63) is 33.9 Å². The molecule has 0 aromatic heterocycles. The lowest BCUT2D eigenvalue weighted by atomic mass is 10.2. The molecule has 1 aromatic carbocycles. The Balaban J connectivity index is 2.94. The number of nitro groups is 1. The van der Waals surface area contributed by atoms with E-state index in [1.54, 1.807) is 0 Å². The molecule has 1 aromatic rings. The highest BCUT2D eigenvalue weighted by Crippen LogP contribution is 2.20. The molecule has 0 aliphatic carbocycles. The number of hydrogen-bond donors (Lipinski definition) is 3. The lowest BCUT2D eigenvalue weighted by molar-refractivity contribution is -0.384. The number of aromatic hydroxyl groups is 1. The number of phenolic OH excluding ortho intramolecular Hbond substituents is 1. The summed E-state index contributed by atoms with van der Waals surface area (Å²) in [5.41, 5.74) is 7.42. The van der Waals surface area contributed by atoms with Crippen LogP contribution in [0.25, 0.3) is 0 Å². The Morgan fingerprint density at radius 3 is 2.94 bits per heavy atom. The maximum Gasteiger partial charge on any atom is 0.270 e. The molecule has 0 aliphatic heterocycles. The van der Waals surface area contributed by atoms with Crippen LogP contribution in [0.1, 0.15) is 5.56 Å². The van der Waals surface area contributed by atoms with E-state index in [2.05, 4.69) is 22.7 Å². The van der Waals surface area contributed by atoms with Gasteiger partial charge in [-0.3, -0.25) is 15.5 Å². The highest BCUT2D eigenvalue weighted by molar-refractivity contribution is 7.80. The number of thiocarbonyl (C=S) groups is 1. The zero-order valence-corrected chi connectivity index (χ0v) is 8.77. The Hall–Kier alpha value is -2.22. The number of nitrogens with two attached hydrogens (primary N) is 1. The standard InChI is InChI=1S/C8H8N4O3S/c9-8(16)11-10-4-5-3-6(12(14)15)1-2-7(5)13/h1-4,13H,(H3,9,11,16)/b10-4-. The molecule has 16 heavy (non-hydrogen) atoms. The van der Waals surface area contributed by atoms with Gasteiger partial charge in [0.05, 0.1) is 11.1 Å². The number of hydrazone groups is 1. The van der Waals surface area contributed by atoms with Crippen LogP contribution in [0.3, 0.4) is 0 Å². The molecule has 0 heterocycles. The van der Waals surface area contributed by atoms with Gasteiger partial charge in [-0.05, 0) is 18.3 Å². The van der Waals surface area contributed by atoms with Gasteiger partial charge in [0.1, 0.15) is 5.75 Å². The molecule has 1 rings (SSSR count). The fraction of sp³-hybridized carbons (Fsp3) is 0. The van der Waals surface area contributed by atoms with Crippen molar-refractivity contribution in [1.82, 2.24) is 5.43 Å². The highest BCUT2D eigenvalue weighted by atomic mass is 32.1. The number of phenols is 1. The highest BCUT2D eigenvalue weighted by Gasteiger charge is 2.08. The first-order chi connectivity index (χ1) is 7.50. The number of rotatable bonds is 3. The van der Waals surface area contributed by atoms with Gasteiger partial charge in [-0.15, -0.1) is 0 Å². The van der Waals surface area contributed by atoms with Gasteiger partial charge in [0.15, 0.2) is 5.11 Å². The van der Waals surface area contributed by atoms with E-state index in [0.29, 0.717) is 0 Å². The Morgan fingerprint density at radius 1 is 1.69 bits per heavy atom. The van der Waals surface area contributed by atoms with E-state index in [0.717, 1.165) is 0 Å². The molecule has 0 bridgehead atoms. The first-order valence-corrected chi connectivity index (χ1v) is 4.47. The maximum absolute atomic E-state index is 10.5. The first kappa shape index (κ1) is 11.9. The Kier molecular flexibility index (Phi) is 3.72. The summed E-state index contributed by atoms with van der Waals surface area (Å²) in [7, 11) is 0. The number of nitrogens with one attached hydrogen (secondary N) is 1. The molecule has 0 saturated carbocycles. The molecule has 0 atom stereocenters. The fourth-order valence-corrected chi connectivity index (χ4v) is 0.977. The summed E-state index contributed by atoms with van der Waals surface area (Å²) < 4.78 is 0. The average molecular weight is 240 g/mol. The first-order valence-electron chi connectivity index (χ1n) is 4.06. The van der Waals surface area contributed by atoms with Crippen molar-refractivity contribution in [1.29, 1.82) is 0 Å². The molecule has 0 unspecified atom stereocenters. The SMILES string of the molecule is NC(=S)N/N=C\c1cc([N+](=O)[O-])ccc1O. The van der Waals surface area contributed by atoms with Crippen molar-refractivity contribution in [3.63, 3.8) is 0 Å². The van der Waals surface area contributed by atoms with Crippen LogP contribution in [0, 0.1) is 10.1 Å². The van der Waals surface area contributed by atoms with E-state index in [9.17, 15) is 15.2 Å². The number of benzene rings is 1. The third-order valence-electron chi connectivity index (χ3n) is 1.60. The minimum Gasteiger partial charge on any atom is -0.507 e. The summed E-state index contributed by atoms with van der Waals surface area (Å²) in [5, 5.41) is 23.4. The second-order valence-corrected chi connectivity index (χ2v) is 3.17. The van der Waals surface area contributed by atoms with Gasteiger partial charge < -0.3 is 10.8 Å². The quantitative estimate of drug-likeness (QED) is 0.306. The van der Waals surface area contributed by atoms with E-state index >= 15 is 0 Å². The molecule has 4 N–H and O–H groups in total. The van der Waals surface area contributed by atoms with Crippen LogP contribution >= 0.6 is 12.2 Å². The van der Waals surface area contributed by atoms with Gasteiger partial charge in [0.2, 0.25) is 0 Å². The number of non-ortho nitro benzene ring substituents is 1. The van der Waals surface area contributed by atoms with Gasteiger partial charge >= 0.3 is 0 Å². The summed E-state index contributed by atoms with van der Waals surface area (Å²) in [6.07, 6.45) is 1.18. The molecule has 0 spiro atoms. The van der Waals surface area contributed by atoms with Gasteiger partial charge in [-0.25, -0.2) is 0 Å². The summed E-state index contributed by atoms with van der Waals surface area (Å²) >= 11 is 4.49. The summed E-state index contributed by atoms with van der Waals surface area (Å²) in [6, 6.07) is 3.58. The topological polar surface area (TPSA) is 114 Å². The summed E-state index contributed by atoms with van der Waals surface area (Å²) in [4.78, 5) is 9.90. The molecule has 0 fully saturated rings. The zero-order chi connectivity index (χ0) is 12.1. The van der Waals surface area contributed by atoms with Crippen LogP contribution in [-0.4, -0.2) is 21.4 Å². The maximum atomic E-state index is 10.5. The molecular weight excluding hydrogens is 232 g/mol. The number of nitrogens with zero attached hydrogens (tertiary/aromatic N) is 2. The molecule has 0 aliphatic rings. The average Bonchev–Trinajstić information content (AvgIpc) is 2.20. The molecular formula is C8H8N4O3S. The Labute approximate surface area is 95.7 Å². The second-order valence-electron chi connectivity index (χ2n) is 2.73. The monoisotopic (exact) mass is 240 g/mol.